The molecule has 1 aliphatic heterocycles. The molecule has 0 N–H and O–H groups in total. The highest BCUT2D eigenvalue weighted by Crippen LogP contribution is 2.33. The molecule has 0 aromatic heterocycles. The summed E-state index contributed by atoms with van der Waals surface area (Å²) in [4.78, 5) is 13.7. The molecule has 1 heterocycles. The maximum atomic E-state index is 11.6. The second-order valence-corrected chi connectivity index (χ2v) is 8.49. The van der Waals surface area contributed by atoms with Gasteiger partial charge in [0.25, 0.3) is 0 Å². The molecule has 2 nitrogen and oxygen atoms in total. The van der Waals surface area contributed by atoms with Gasteiger partial charge in [0.05, 0.1) is 0 Å². The van der Waals surface area contributed by atoms with Gasteiger partial charge >= 0.3 is 0 Å². The summed E-state index contributed by atoms with van der Waals surface area (Å²) in [5, 5.41) is 0. The first-order valence-corrected chi connectivity index (χ1v) is 10.3. The van der Waals surface area contributed by atoms with E-state index in [1.54, 1.807) is 6.92 Å². The molecular weight excluding hydrogens is 274 g/mol. The number of likely N-dealkylation sites (tertiary alicyclic amines) is 1. The number of amides is 1. The van der Waals surface area contributed by atoms with Gasteiger partial charge in [0.2, 0.25) is 5.91 Å². The maximum absolute atomic E-state index is 11.6. The third kappa shape index (κ3) is 5.22. The molecular formula is C15H27NOS2. The van der Waals surface area contributed by atoms with Crippen LogP contribution < -0.4 is 0 Å². The van der Waals surface area contributed by atoms with Crippen molar-refractivity contribution >= 4 is 27.5 Å². The van der Waals surface area contributed by atoms with E-state index in [0.717, 1.165) is 18.2 Å². The average Bonchev–Trinajstić information content (AvgIpc) is 2.45. The van der Waals surface area contributed by atoms with Crippen molar-refractivity contribution in [1.82, 2.24) is 4.90 Å². The molecule has 19 heavy (non-hydrogen) atoms. The van der Waals surface area contributed by atoms with Crippen LogP contribution in [0.4, 0.5) is 0 Å². The summed E-state index contributed by atoms with van der Waals surface area (Å²) in [7, 11) is 4.04. The molecule has 1 aliphatic carbocycles. The zero-order chi connectivity index (χ0) is 13.5. The molecule has 4 heteroatoms. The Balaban J connectivity index is 1.62. The molecule has 2 rings (SSSR count). The van der Waals surface area contributed by atoms with Gasteiger partial charge in [0.1, 0.15) is 0 Å². The van der Waals surface area contributed by atoms with E-state index in [0.29, 0.717) is 6.04 Å². The lowest BCUT2D eigenvalue weighted by Crippen LogP contribution is -2.43. The highest BCUT2D eigenvalue weighted by molar-refractivity contribution is 8.76. The first-order chi connectivity index (χ1) is 9.27. The van der Waals surface area contributed by atoms with Gasteiger partial charge in [0.15, 0.2) is 0 Å². The summed E-state index contributed by atoms with van der Waals surface area (Å²) < 4.78 is 0. The topological polar surface area (TPSA) is 20.3 Å². The normalized spacial score (nSPS) is 25.5. The van der Waals surface area contributed by atoms with Crippen molar-refractivity contribution in [3.8, 4) is 0 Å². The highest BCUT2D eigenvalue weighted by atomic mass is 33.1. The highest BCUT2D eigenvalue weighted by Gasteiger charge is 2.24. The predicted molar refractivity (Wildman–Crippen MR) is 86.5 cm³/mol. The summed E-state index contributed by atoms with van der Waals surface area (Å²) in [5.41, 5.74) is 0. The lowest BCUT2D eigenvalue weighted by Gasteiger charge is -2.34. The van der Waals surface area contributed by atoms with Gasteiger partial charge in [-0.05, 0) is 38.0 Å². The van der Waals surface area contributed by atoms with Crippen molar-refractivity contribution in [2.45, 2.75) is 64.3 Å². The number of carbonyl (C=O) groups excluding carboxylic acids is 1. The summed E-state index contributed by atoms with van der Waals surface area (Å²) in [6, 6.07) is 0.495. The summed E-state index contributed by atoms with van der Waals surface area (Å²) >= 11 is 0. The summed E-state index contributed by atoms with van der Waals surface area (Å²) in [6.45, 7) is 2.70. The van der Waals surface area contributed by atoms with E-state index < -0.39 is 0 Å². The Labute approximate surface area is 125 Å². The minimum absolute atomic E-state index is 0.266. The van der Waals surface area contributed by atoms with Crippen molar-refractivity contribution in [1.29, 1.82) is 0 Å². The SMILES string of the molecule is CC(=O)N1CCCCC1CSSCC1CCCCC1. The molecule has 0 bridgehead atoms. The van der Waals surface area contributed by atoms with Crippen LogP contribution in [0.25, 0.3) is 0 Å². The Morgan fingerprint density at radius 1 is 1.00 bits per heavy atom. The van der Waals surface area contributed by atoms with Crippen LogP contribution in [0.5, 0.6) is 0 Å². The number of piperidine rings is 1. The van der Waals surface area contributed by atoms with E-state index in [1.807, 2.05) is 21.6 Å². The maximum Gasteiger partial charge on any atom is 0.219 e. The van der Waals surface area contributed by atoms with Crippen LogP contribution in [-0.4, -0.2) is 34.9 Å². The zero-order valence-electron chi connectivity index (χ0n) is 12.1. The van der Waals surface area contributed by atoms with E-state index in [-0.39, 0.29) is 5.91 Å². The van der Waals surface area contributed by atoms with Gasteiger partial charge < -0.3 is 4.90 Å². The molecule has 2 fully saturated rings. The Bertz CT molecular complexity index is 279. The Morgan fingerprint density at radius 2 is 1.68 bits per heavy atom. The fourth-order valence-electron chi connectivity index (χ4n) is 3.21. The van der Waals surface area contributed by atoms with Crippen molar-refractivity contribution in [3.63, 3.8) is 0 Å². The van der Waals surface area contributed by atoms with Crippen molar-refractivity contribution in [2.24, 2.45) is 5.92 Å². The number of carbonyl (C=O) groups is 1. The van der Waals surface area contributed by atoms with Crippen molar-refractivity contribution in [2.75, 3.05) is 18.1 Å². The molecule has 1 atom stereocenters. The molecule has 0 spiro atoms. The monoisotopic (exact) mass is 301 g/mol. The Morgan fingerprint density at radius 3 is 2.42 bits per heavy atom. The fourth-order valence-corrected chi connectivity index (χ4v) is 6.06. The largest absolute Gasteiger partial charge is 0.339 e. The number of hydrogen-bond donors (Lipinski definition) is 0. The van der Waals surface area contributed by atoms with Gasteiger partial charge in [-0.1, -0.05) is 40.9 Å². The smallest absolute Gasteiger partial charge is 0.219 e. The van der Waals surface area contributed by atoms with E-state index >= 15 is 0 Å². The van der Waals surface area contributed by atoms with Crippen LogP contribution in [0.3, 0.4) is 0 Å². The fraction of sp³-hybridized carbons (Fsp3) is 0.933. The Hall–Kier alpha value is 0.170. The lowest BCUT2D eigenvalue weighted by molar-refractivity contribution is -0.131. The first-order valence-electron chi connectivity index (χ1n) is 7.79. The first kappa shape index (κ1) is 15.6. The third-order valence-corrected chi connectivity index (χ3v) is 7.02. The average molecular weight is 302 g/mol. The van der Waals surface area contributed by atoms with Crippen molar-refractivity contribution < 1.29 is 4.79 Å². The number of hydrogen-bond acceptors (Lipinski definition) is 3. The van der Waals surface area contributed by atoms with Crippen LogP contribution in [0.2, 0.25) is 0 Å². The second kappa shape index (κ2) is 8.46. The number of nitrogens with zero attached hydrogens (tertiary/aromatic N) is 1. The summed E-state index contributed by atoms with van der Waals surface area (Å²) in [6.07, 6.45) is 10.9. The van der Waals surface area contributed by atoms with Gasteiger partial charge in [-0.25, -0.2) is 0 Å². The minimum Gasteiger partial charge on any atom is -0.339 e. The minimum atomic E-state index is 0.266. The van der Waals surface area contributed by atoms with Gasteiger partial charge in [-0.3, -0.25) is 4.79 Å². The Kier molecular flexibility index (Phi) is 6.92. The van der Waals surface area contributed by atoms with Crippen LogP contribution >= 0.6 is 21.6 Å². The zero-order valence-corrected chi connectivity index (χ0v) is 13.7. The summed E-state index contributed by atoms with van der Waals surface area (Å²) in [5.74, 6) is 3.66. The molecule has 1 saturated carbocycles. The van der Waals surface area contributed by atoms with E-state index in [1.165, 1.54) is 57.1 Å². The van der Waals surface area contributed by atoms with E-state index in [2.05, 4.69) is 4.90 Å². The van der Waals surface area contributed by atoms with E-state index in [4.69, 9.17) is 0 Å². The molecule has 0 aromatic rings. The third-order valence-electron chi connectivity index (χ3n) is 4.40. The van der Waals surface area contributed by atoms with Crippen molar-refractivity contribution in [3.05, 3.63) is 0 Å². The standard InChI is InChI=1S/C15H27NOS2/c1-13(17)16-10-6-5-9-15(16)12-19-18-11-14-7-3-2-4-8-14/h14-15H,2-12H2,1H3. The molecule has 1 saturated heterocycles. The van der Waals surface area contributed by atoms with Gasteiger partial charge in [0, 0.05) is 31.0 Å². The lowest BCUT2D eigenvalue weighted by atomic mass is 9.91. The van der Waals surface area contributed by atoms with Crippen LogP contribution in [0.15, 0.2) is 0 Å². The van der Waals surface area contributed by atoms with Gasteiger partial charge in [-0.2, -0.15) is 0 Å². The predicted octanol–water partition coefficient (Wildman–Crippen LogP) is 4.35. The molecule has 1 amide bonds. The van der Waals surface area contributed by atoms with Crippen LogP contribution in [-0.2, 0) is 4.79 Å². The van der Waals surface area contributed by atoms with Crippen LogP contribution in [0.1, 0.15) is 58.3 Å². The molecule has 0 radical (unpaired) electrons. The second-order valence-electron chi connectivity index (χ2n) is 5.94. The quantitative estimate of drug-likeness (QED) is 0.556. The molecule has 2 aliphatic rings. The van der Waals surface area contributed by atoms with Gasteiger partial charge in [-0.15, -0.1) is 0 Å². The molecule has 110 valence electrons. The van der Waals surface area contributed by atoms with Crippen LogP contribution in [0, 0.1) is 5.92 Å². The molecule has 0 aromatic carbocycles. The number of rotatable bonds is 5. The van der Waals surface area contributed by atoms with E-state index in [9.17, 15) is 4.79 Å². The molecule has 1 unspecified atom stereocenters.